The first-order chi connectivity index (χ1) is 6.11. The van der Waals surface area contributed by atoms with Crippen LogP contribution in [0.4, 0.5) is 0 Å². The average Bonchev–Trinajstić information content (AvgIpc) is 2.01. The first-order valence-electron chi connectivity index (χ1n) is 3.96. The number of pyridine rings is 1. The third-order valence-electron chi connectivity index (χ3n) is 1.59. The third-order valence-corrected chi connectivity index (χ3v) is 1.59. The van der Waals surface area contributed by atoms with E-state index >= 15 is 0 Å². The second-order valence-electron chi connectivity index (χ2n) is 2.84. The highest BCUT2D eigenvalue weighted by Crippen LogP contribution is 2.13. The Morgan fingerprint density at radius 2 is 2.31 bits per heavy atom. The van der Waals surface area contributed by atoms with Gasteiger partial charge in [-0.05, 0) is 6.92 Å². The van der Waals surface area contributed by atoms with Crippen molar-refractivity contribution in [2.24, 2.45) is 5.73 Å². The molecule has 0 saturated carbocycles. The van der Waals surface area contributed by atoms with E-state index in [0.29, 0.717) is 6.42 Å². The number of aromatic nitrogens is 1. The summed E-state index contributed by atoms with van der Waals surface area (Å²) in [5.74, 6) is 0.865. The highest BCUT2D eigenvalue weighted by Gasteiger charge is 2.01. The van der Waals surface area contributed by atoms with E-state index in [1.165, 1.54) is 0 Å². The van der Waals surface area contributed by atoms with Crippen LogP contribution in [-0.2, 0) is 6.42 Å². The van der Waals surface area contributed by atoms with Crippen LogP contribution >= 0.6 is 0 Å². The topological polar surface area (TPSA) is 72.0 Å². The molecule has 0 atom stereocenters. The summed E-state index contributed by atoms with van der Waals surface area (Å²) < 4.78 is 5.07. The molecule has 0 unspecified atom stereocenters. The van der Waals surface area contributed by atoms with Crippen molar-refractivity contribution in [3.05, 3.63) is 23.5 Å². The second kappa shape index (κ2) is 3.89. The minimum absolute atomic E-state index is 0.111. The number of rotatable bonds is 3. The van der Waals surface area contributed by atoms with Crippen LogP contribution in [-0.4, -0.2) is 17.9 Å². The van der Waals surface area contributed by atoms with Crippen molar-refractivity contribution in [1.82, 2.24) is 4.98 Å². The lowest BCUT2D eigenvalue weighted by atomic mass is 10.2. The Balaban J connectivity index is 2.94. The van der Waals surface area contributed by atoms with Gasteiger partial charge in [-0.25, -0.2) is 0 Å². The number of nitrogens with zero attached hydrogens (tertiary/aromatic N) is 1. The van der Waals surface area contributed by atoms with Gasteiger partial charge in [0.2, 0.25) is 0 Å². The lowest BCUT2D eigenvalue weighted by Crippen LogP contribution is -2.13. The second-order valence-corrected chi connectivity index (χ2v) is 2.84. The van der Waals surface area contributed by atoms with E-state index in [-0.39, 0.29) is 5.84 Å². The molecular formula is C9H13N3O. The van der Waals surface area contributed by atoms with E-state index < -0.39 is 0 Å². The number of hydrogen-bond acceptors (Lipinski definition) is 3. The molecule has 4 heteroatoms. The van der Waals surface area contributed by atoms with Crippen LogP contribution in [0.3, 0.4) is 0 Å². The molecule has 3 N–H and O–H groups in total. The average molecular weight is 179 g/mol. The number of nitrogens with two attached hydrogens (primary N) is 1. The molecule has 0 aromatic carbocycles. The van der Waals surface area contributed by atoms with Gasteiger partial charge in [-0.1, -0.05) is 0 Å². The van der Waals surface area contributed by atoms with Crippen molar-refractivity contribution >= 4 is 5.84 Å². The minimum Gasteiger partial charge on any atom is -0.497 e. The summed E-state index contributed by atoms with van der Waals surface area (Å²) in [6.07, 6.45) is 0.373. The molecule has 70 valence electrons. The van der Waals surface area contributed by atoms with Crippen LogP contribution in [0, 0.1) is 12.3 Å². The van der Waals surface area contributed by atoms with E-state index in [9.17, 15) is 0 Å². The molecule has 0 aliphatic rings. The molecule has 1 rings (SSSR count). The molecular weight excluding hydrogens is 166 g/mol. The molecule has 1 aromatic rings. The Bertz CT molecular complexity index is 323. The van der Waals surface area contributed by atoms with Gasteiger partial charge in [0.25, 0.3) is 0 Å². The van der Waals surface area contributed by atoms with E-state index in [2.05, 4.69) is 4.98 Å². The van der Waals surface area contributed by atoms with Gasteiger partial charge in [0.1, 0.15) is 5.75 Å². The first-order valence-corrected chi connectivity index (χ1v) is 3.96. The number of aryl methyl sites for hydroxylation is 1. The fourth-order valence-electron chi connectivity index (χ4n) is 1.11. The van der Waals surface area contributed by atoms with Gasteiger partial charge in [0, 0.05) is 24.2 Å². The fourth-order valence-corrected chi connectivity index (χ4v) is 1.11. The monoisotopic (exact) mass is 179 g/mol. The van der Waals surface area contributed by atoms with Gasteiger partial charge >= 0.3 is 0 Å². The van der Waals surface area contributed by atoms with Crippen molar-refractivity contribution in [1.29, 1.82) is 5.41 Å². The Labute approximate surface area is 77.2 Å². The van der Waals surface area contributed by atoms with Gasteiger partial charge in [0.05, 0.1) is 18.6 Å². The lowest BCUT2D eigenvalue weighted by molar-refractivity contribution is 0.413. The molecule has 0 aliphatic carbocycles. The zero-order chi connectivity index (χ0) is 9.84. The summed E-state index contributed by atoms with van der Waals surface area (Å²) in [4.78, 5) is 4.22. The quantitative estimate of drug-likeness (QED) is 0.534. The maximum atomic E-state index is 7.13. The van der Waals surface area contributed by atoms with Crippen molar-refractivity contribution in [3.63, 3.8) is 0 Å². The summed E-state index contributed by atoms with van der Waals surface area (Å²) in [5.41, 5.74) is 6.91. The molecule has 0 spiro atoms. The Morgan fingerprint density at radius 1 is 1.62 bits per heavy atom. The number of ether oxygens (including phenoxy) is 1. The standard InChI is InChI=1S/C9H13N3O/c1-6-3-8(13-2)4-7(12-6)5-9(10)11/h3-4H,5H2,1-2H3,(H3,10,11). The fraction of sp³-hybridized carbons (Fsp3) is 0.333. The molecule has 13 heavy (non-hydrogen) atoms. The third kappa shape index (κ3) is 2.74. The van der Waals surface area contributed by atoms with E-state index in [4.69, 9.17) is 15.9 Å². The highest BCUT2D eigenvalue weighted by atomic mass is 16.5. The summed E-state index contributed by atoms with van der Waals surface area (Å²) in [5, 5.41) is 7.13. The Morgan fingerprint density at radius 3 is 2.85 bits per heavy atom. The van der Waals surface area contributed by atoms with Gasteiger partial charge in [0.15, 0.2) is 0 Å². The summed E-state index contributed by atoms with van der Waals surface area (Å²) >= 11 is 0. The smallest absolute Gasteiger partial charge is 0.122 e. The van der Waals surface area contributed by atoms with Crippen LogP contribution in [0.15, 0.2) is 12.1 Å². The molecule has 1 heterocycles. The largest absolute Gasteiger partial charge is 0.497 e. The number of nitrogens with one attached hydrogen (secondary N) is 1. The normalized spacial score (nSPS) is 9.69. The van der Waals surface area contributed by atoms with Gasteiger partial charge in [-0.2, -0.15) is 0 Å². The van der Waals surface area contributed by atoms with Gasteiger partial charge in [-0.15, -0.1) is 0 Å². The number of amidine groups is 1. The van der Waals surface area contributed by atoms with Crippen molar-refractivity contribution in [2.45, 2.75) is 13.3 Å². The van der Waals surface area contributed by atoms with Crippen LogP contribution in [0.2, 0.25) is 0 Å². The Kier molecular flexibility index (Phi) is 2.84. The minimum atomic E-state index is 0.111. The molecule has 4 nitrogen and oxygen atoms in total. The van der Waals surface area contributed by atoms with Gasteiger partial charge in [-0.3, -0.25) is 10.4 Å². The van der Waals surface area contributed by atoms with Crippen LogP contribution in [0.5, 0.6) is 5.75 Å². The number of methoxy groups -OCH3 is 1. The maximum absolute atomic E-state index is 7.13. The molecule has 0 aliphatic heterocycles. The molecule has 0 amide bonds. The SMILES string of the molecule is COc1cc(C)nc(CC(=N)N)c1. The predicted octanol–water partition coefficient (Wildman–Crippen LogP) is 0.877. The lowest BCUT2D eigenvalue weighted by Gasteiger charge is -2.04. The summed E-state index contributed by atoms with van der Waals surface area (Å²) in [6.45, 7) is 1.88. The predicted molar refractivity (Wildman–Crippen MR) is 51.1 cm³/mol. The molecule has 0 fully saturated rings. The Hall–Kier alpha value is -1.58. The van der Waals surface area contributed by atoms with Crippen molar-refractivity contribution < 1.29 is 4.74 Å². The molecule has 0 saturated heterocycles. The molecule has 0 radical (unpaired) electrons. The molecule has 1 aromatic heterocycles. The van der Waals surface area contributed by atoms with E-state index in [1.807, 2.05) is 13.0 Å². The first kappa shape index (κ1) is 9.51. The van der Waals surface area contributed by atoms with E-state index in [0.717, 1.165) is 17.1 Å². The van der Waals surface area contributed by atoms with E-state index in [1.54, 1.807) is 13.2 Å². The van der Waals surface area contributed by atoms with Crippen molar-refractivity contribution in [2.75, 3.05) is 7.11 Å². The van der Waals surface area contributed by atoms with Crippen molar-refractivity contribution in [3.8, 4) is 5.75 Å². The highest BCUT2D eigenvalue weighted by molar-refractivity contribution is 5.79. The summed E-state index contributed by atoms with van der Waals surface area (Å²) in [7, 11) is 1.60. The zero-order valence-electron chi connectivity index (χ0n) is 7.79. The number of hydrogen-bond donors (Lipinski definition) is 2. The van der Waals surface area contributed by atoms with Crippen LogP contribution in [0.1, 0.15) is 11.4 Å². The zero-order valence-corrected chi connectivity index (χ0v) is 7.79. The molecule has 0 bridgehead atoms. The maximum Gasteiger partial charge on any atom is 0.122 e. The van der Waals surface area contributed by atoms with Gasteiger partial charge < -0.3 is 10.5 Å². The van der Waals surface area contributed by atoms with Crippen LogP contribution in [0.25, 0.3) is 0 Å². The summed E-state index contributed by atoms with van der Waals surface area (Å²) in [6, 6.07) is 3.62. The van der Waals surface area contributed by atoms with Crippen LogP contribution < -0.4 is 10.5 Å².